The molecular formula is C13H29IN4O. The molecule has 2 N–H and O–H groups in total. The Kier molecular flexibility index (Phi) is 10.3. The molecule has 114 valence electrons. The lowest BCUT2D eigenvalue weighted by Gasteiger charge is -2.24. The predicted octanol–water partition coefficient (Wildman–Crippen LogP) is 1.68. The predicted molar refractivity (Wildman–Crippen MR) is 92.1 cm³/mol. The van der Waals surface area contributed by atoms with Crippen molar-refractivity contribution in [3.05, 3.63) is 0 Å². The number of amides is 1. The fourth-order valence-electron chi connectivity index (χ4n) is 1.08. The highest BCUT2D eigenvalue weighted by molar-refractivity contribution is 14.0. The summed E-state index contributed by atoms with van der Waals surface area (Å²) in [6.45, 7) is 11.4. The second kappa shape index (κ2) is 9.39. The van der Waals surface area contributed by atoms with Gasteiger partial charge >= 0.3 is 0 Å². The van der Waals surface area contributed by atoms with Gasteiger partial charge in [0.2, 0.25) is 5.91 Å². The Labute approximate surface area is 134 Å². The van der Waals surface area contributed by atoms with E-state index in [0.29, 0.717) is 11.9 Å². The largest absolute Gasteiger partial charge is 0.356 e. The van der Waals surface area contributed by atoms with Crippen LogP contribution in [0.4, 0.5) is 0 Å². The third-order valence-electron chi connectivity index (χ3n) is 2.04. The molecular weight excluding hydrogens is 355 g/mol. The number of carbonyl (C=O) groups is 1. The van der Waals surface area contributed by atoms with E-state index in [2.05, 4.69) is 50.2 Å². The fourth-order valence-corrected chi connectivity index (χ4v) is 1.08. The van der Waals surface area contributed by atoms with Crippen molar-refractivity contribution in [3.63, 3.8) is 0 Å². The minimum Gasteiger partial charge on any atom is -0.356 e. The highest BCUT2D eigenvalue weighted by atomic mass is 127. The highest BCUT2D eigenvalue weighted by Crippen LogP contribution is 1.98. The molecule has 0 spiro atoms. The van der Waals surface area contributed by atoms with Crippen LogP contribution in [0.15, 0.2) is 4.99 Å². The van der Waals surface area contributed by atoms with Crippen LogP contribution in [0.2, 0.25) is 0 Å². The molecule has 0 aliphatic rings. The van der Waals surface area contributed by atoms with Crippen molar-refractivity contribution in [2.45, 2.75) is 40.2 Å². The van der Waals surface area contributed by atoms with Gasteiger partial charge in [-0.3, -0.25) is 4.79 Å². The summed E-state index contributed by atoms with van der Waals surface area (Å²) in [7, 11) is 3.46. The van der Waals surface area contributed by atoms with Crippen LogP contribution < -0.4 is 10.6 Å². The molecule has 0 aromatic rings. The van der Waals surface area contributed by atoms with E-state index in [1.807, 2.05) is 0 Å². The maximum Gasteiger partial charge on any atom is 0.243 e. The van der Waals surface area contributed by atoms with Crippen LogP contribution in [0.25, 0.3) is 0 Å². The van der Waals surface area contributed by atoms with Crippen molar-refractivity contribution >= 4 is 35.8 Å². The van der Waals surface area contributed by atoms with E-state index in [-0.39, 0.29) is 42.0 Å². The molecule has 19 heavy (non-hydrogen) atoms. The second-order valence-electron chi connectivity index (χ2n) is 6.10. The van der Waals surface area contributed by atoms with Crippen LogP contribution in [0.3, 0.4) is 0 Å². The number of hydrogen-bond donors (Lipinski definition) is 2. The smallest absolute Gasteiger partial charge is 0.243 e. The molecule has 0 aliphatic heterocycles. The van der Waals surface area contributed by atoms with Gasteiger partial charge in [-0.2, -0.15) is 0 Å². The van der Waals surface area contributed by atoms with Gasteiger partial charge in [-0.25, -0.2) is 4.99 Å². The number of carbonyl (C=O) groups excluding carboxylic acids is 1. The van der Waals surface area contributed by atoms with Gasteiger partial charge in [-0.15, -0.1) is 24.0 Å². The molecule has 0 heterocycles. The molecule has 0 fully saturated rings. The molecule has 0 aromatic heterocycles. The third kappa shape index (κ3) is 12.3. The van der Waals surface area contributed by atoms with Gasteiger partial charge in [0.05, 0.1) is 0 Å². The van der Waals surface area contributed by atoms with Gasteiger partial charge < -0.3 is 15.5 Å². The first kappa shape index (κ1) is 20.8. The maximum absolute atomic E-state index is 11.5. The molecule has 5 nitrogen and oxygen atoms in total. The highest BCUT2D eigenvalue weighted by Gasteiger charge is 2.13. The average molecular weight is 384 g/mol. The standard InChI is InChI=1S/C13H28N4O.HI/c1-10(2)8-14-12(16-13(3,4)5)15-9-11(18)17(6)7;/h10H,8-9H2,1-7H3,(H2,14,15,16);1H. The van der Waals surface area contributed by atoms with E-state index >= 15 is 0 Å². The van der Waals surface area contributed by atoms with Crippen molar-refractivity contribution in [2.24, 2.45) is 10.9 Å². The van der Waals surface area contributed by atoms with Crippen LogP contribution in [0, 0.1) is 5.92 Å². The average Bonchev–Trinajstić information content (AvgIpc) is 2.19. The number of likely N-dealkylation sites (N-methyl/N-ethyl adjacent to an activating group) is 1. The zero-order chi connectivity index (χ0) is 14.3. The van der Waals surface area contributed by atoms with Gasteiger partial charge in [0, 0.05) is 26.2 Å². The first-order valence-corrected chi connectivity index (χ1v) is 6.38. The first-order valence-electron chi connectivity index (χ1n) is 6.38. The summed E-state index contributed by atoms with van der Waals surface area (Å²) in [5, 5.41) is 6.51. The maximum atomic E-state index is 11.5. The lowest BCUT2D eigenvalue weighted by molar-refractivity contribution is -0.127. The van der Waals surface area contributed by atoms with E-state index in [4.69, 9.17) is 0 Å². The van der Waals surface area contributed by atoms with E-state index in [1.165, 1.54) is 0 Å². The molecule has 0 rings (SSSR count). The van der Waals surface area contributed by atoms with Gasteiger partial charge in [0.15, 0.2) is 5.96 Å². The molecule has 0 atom stereocenters. The Morgan fingerprint density at radius 1 is 1.26 bits per heavy atom. The van der Waals surface area contributed by atoms with E-state index in [1.54, 1.807) is 19.0 Å². The van der Waals surface area contributed by atoms with E-state index in [9.17, 15) is 4.79 Å². The Bertz CT molecular complexity index is 296. The zero-order valence-electron chi connectivity index (χ0n) is 13.2. The van der Waals surface area contributed by atoms with Gasteiger partial charge in [-0.1, -0.05) is 13.8 Å². The summed E-state index contributed by atoms with van der Waals surface area (Å²) in [5.41, 5.74) is -0.0794. The van der Waals surface area contributed by atoms with Crippen molar-refractivity contribution < 1.29 is 4.79 Å². The Morgan fingerprint density at radius 2 is 1.79 bits per heavy atom. The molecule has 1 amide bonds. The molecule has 0 radical (unpaired) electrons. The quantitative estimate of drug-likeness (QED) is 0.441. The Morgan fingerprint density at radius 3 is 2.16 bits per heavy atom. The molecule has 0 saturated heterocycles. The summed E-state index contributed by atoms with van der Waals surface area (Å²) in [5.74, 6) is 1.21. The summed E-state index contributed by atoms with van der Waals surface area (Å²) in [6.07, 6.45) is 0. The van der Waals surface area contributed by atoms with E-state index < -0.39 is 0 Å². The molecule has 0 aliphatic carbocycles. The molecule has 0 saturated carbocycles. The number of hydrogen-bond acceptors (Lipinski definition) is 2. The number of nitrogens with one attached hydrogen (secondary N) is 2. The Balaban J connectivity index is 0. The summed E-state index contributed by atoms with van der Waals surface area (Å²) >= 11 is 0. The minimum absolute atomic E-state index is 0. The van der Waals surface area contributed by atoms with Crippen LogP contribution in [-0.4, -0.2) is 49.5 Å². The second-order valence-corrected chi connectivity index (χ2v) is 6.10. The van der Waals surface area contributed by atoms with Gasteiger partial charge in [-0.05, 0) is 26.7 Å². The minimum atomic E-state index is -0.0794. The lowest BCUT2D eigenvalue weighted by atomic mass is 10.1. The third-order valence-corrected chi connectivity index (χ3v) is 2.04. The number of guanidine groups is 1. The van der Waals surface area contributed by atoms with Crippen molar-refractivity contribution in [3.8, 4) is 0 Å². The summed E-state index contributed by atoms with van der Waals surface area (Å²) in [4.78, 5) is 17.4. The summed E-state index contributed by atoms with van der Waals surface area (Å²) in [6, 6.07) is 0. The van der Waals surface area contributed by atoms with Crippen molar-refractivity contribution in [2.75, 3.05) is 27.2 Å². The summed E-state index contributed by atoms with van der Waals surface area (Å²) < 4.78 is 0. The van der Waals surface area contributed by atoms with Crippen LogP contribution in [-0.2, 0) is 4.79 Å². The topological polar surface area (TPSA) is 56.7 Å². The van der Waals surface area contributed by atoms with Crippen molar-refractivity contribution in [1.29, 1.82) is 0 Å². The molecule has 0 unspecified atom stereocenters. The van der Waals surface area contributed by atoms with Gasteiger partial charge in [0.25, 0.3) is 0 Å². The van der Waals surface area contributed by atoms with Crippen LogP contribution >= 0.6 is 24.0 Å². The van der Waals surface area contributed by atoms with Crippen LogP contribution in [0.5, 0.6) is 0 Å². The van der Waals surface area contributed by atoms with E-state index in [0.717, 1.165) is 6.54 Å². The van der Waals surface area contributed by atoms with Crippen LogP contribution in [0.1, 0.15) is 34.6 Å². The fraction of sp³-hybridized carbons (Fsp3) is 0.846. The number of aliphatic imine (C=N–C) groups is 1. The Hall–Kier alpha value is -0.530. The first-order chi connectivity index (χ1) is 8.11. The lowest BCUT2D eigenvalue weighted by Crippen LogP contribution is -2.48. The molecule has 0 bridgehead atoms. The number of halogens is 1. The van der Waals surface area contributed by atoms with Crippen molar-refractivity contribution in [1.82, 2.24) is 15.5 Å². The molecule has 0 aromatic carbocycles. The monoisotopic (exact) mass is 384 g/mol. The van der Waals surface area contributed by atoms with Gasteiger partial charge in [0.1, 0.15) is 6.54 Å². The number of nitrogens with zero attached hydrogens (tertiary/aromatic N) is 2. The zero-order valence-corrected chi connectivity index (χ0v) is 15.5. The molecule has 6 heteroatoms. The SMILES string of the molecule is CC(C)CNC(=NCC(=O)N(C)C)NC(C)(C)C.I. The number of rotatable bonds is 4. The normalized spacial score (nSPS) is 11.9.